The molecule has 140 valence electrons. The molecule has 0 saturated heterocycles. The van der Waals surface area contributed by atoms with E-state index in [1.54, 1.807) is 0 Å². The third-order valence-corrected chi connectivity index (χ3v) is 5.13. The van der Waals surface area contributed by atoms with Gasteiger partial charge in [-0.1, -0.05) is 78.0 Å². The Morgan fingerprint density at radius 2 is 1.79 bits per heavy atom. The first kappa shape index (κ1) is 18.3. The van der Waals surface area contributed by atoms with Crippen LogP contribution in [0.3, 0.4) is 0 Å². The molecule has 28 heavy (non-hydrogen) atoms. The van der Waals surface area contributed by atoms with Crippen LogP contribution in [0.1, 0.15) is 17.0 Å². The number of benzene rings is 3. The zero-order chi connectivity index (χ0) is 19.3. The van der Waals surface area contributed by atoms with Crippen LogP contribution in [-0.2, 0) is 11.2 Å². The Balaban J connectivity index is 1.35. The molecule has 0 saturated carbocycles. The Morgan fingerprint density at radius 3 is 2.64 bits per heavy atom. The normalized spacial score (nSPS) is 10.9. The quantitative estimate of drug-likeness (QED) is 0.477. The topological polar surface area (TPSA) is 68.0 Å². The number of fused-ring (bicyclic) bond motifs is 1. The Bertz CT molecular complexity index is 1100. The minimum absolute atomic E-state index is 0.111. The number of thioether (sulfide) groups is 1. The zero-order valence-corrected chi connectivity index (χ0v) is 16.2. The Labute approximate surface area is 167 Å². The molecule has 3 aromatic carbocycles. The van der Waals surface area contributed by atoms with Crippen molar-refractivity contribution in [3.63, 3.8) is 0 Å². The van der Waals surface area contributed by atoms with Crippen molar-refractivity contribution in [3.05, 3.63) is 83.7 Å². The molecule has 5 nitrogen and oxygen atoms in total. The monoisotopic (exact) mass is 389 g/mol. The van der Waals surface area contributed by atoms with Crippen LogP contribution in [-0.4, -0.2) is 21.9 Å². The van der Waals surface area contributed by atoms with E-state index in [0.717, 1.165) is 22.0 Å². The summed E-state index contributed by atoms with van der Waals surface area (Å²) >= 11 is 1.23. The second kappa shape index (κ2) is 8.27. The van der Waals surface area contributed by atoms with Gasteiger partial charge in [-0.3, -0.25) is 4.79 Å². The number of aromatic nitrogens is 2. The van der Waals surface area contributed by atoms with Crippen molar-refractivity contribution in [1.29, 1.82) is 0 Å². The second-order valence-electron chi connectivity index (χ2n) is 6.49. The highest BCUT2D eigenvalue weighted by Gasteiger charge is 2.11. The summed E-state index contributed by atoms with van der Waals surface area (Å²) in [6.45, 7) is 2.05. The second-order valence-corrected chi connectivity index (χ2v) is 7.41. The summed E-state index contributed by atoms with van der Waals surface area (Å²) in [5.74, 6) is 0.635. The summed E-state index contributed by atoms with van der Waals surface area (Å²) in [6.07, 6.45) is 0.579. The average Bonchev–Trinajstić information content (AvgIpc) is 3.16. The molecular formula is C22H19N3O2S. The number of aryl methyl sites for hydroxylation is 1. The summed E-state index contributed by atoms with van der Waals surface area (Å²) in [4.78, 5) is 12.3. The van der Waals surface area contributed by atoms with E-state index in [2.05, 4.69) is 34.6 Å². The number of nitrogens with zero attached hydrogens (tertiary/aromatic N) is 2. The molecule has 0 radical (unpaired) electrons. The standard InChI is InChI=1S/C22H19N3O2S/c1-15-9-11-16(12-10-15)13-21-24-25-22(27-21)28-14-20(26)23-19-8-4-6-17-5-2-3-7-18(17)19/h2-12H,13-14H2,1H3,(H,23,26). The predicted molar refractivity (Wildman–Crippen MR) is 112 cm³/mol. The fraction of sp³-hybridized carbons (Fsp3) is 0.136. The molecule has 0 aliphatic rings. The molecule has 4 aromatic rings. The molecule has 0 aliphatic carbocycles. The van der Waals surface area contributed by atoms with Gasteiger partial charge in [-0.15, -0.1) is 10.2 Å². The lowest BCUT2D eigenvalue weighted by atomic mass is 10.1. The lowest BCUT2D eigenvalue weighted by Crippen LogP contribution is -2.14. The van der Waals surface area contributed by atoms with E-state index < -0.39 is 0 Å². The first-order valence-corrected chi connectivity index (χ1v) is 9.94. The van der Waals surface area contributed by atoms with Crippen LogP contribution >= 0.6 is 11.8 Å². The minimum atomic E-state index is -0.111. The van der Waals surface area contributed by atoms with Crippen molar-refractivity contribution in [2.75, 3.05) is 11.1 Å². The first-order chi connectivity index (χ1) is 13.7. The Morgan fingerprint density at radius 1 is 1.00 bits per heavy atom. The molecule has 0 aliphatic heterocycles. The third kappa shape index (κ3) is 4.40. The van der Waals surface area contributed by atoms with Gasteiger partial charge in [-0.05, 0) is 23.9 Å². The van der Waals surface area contributed by atoms with Crippen molar-refractivity contribution in [1.82, 2.24) is 10.2 Å². The highest BCUT2D eigenvalue weighted by molar-refractivity contribution is 7.99. The van der Waals surface area contributed by atoms with Gasteiger partial charge in [0.25, 0.3) is 5.22 Å². The van der Waals surface area contributed by atoms with Gasteiger partial charge in [0, 0.05) is 11.1 Å². The SMILES string of the molecule is Cc1ccc(Cc2nnc(SCC(=O)Nc3cccc4ccccc34)o2)cc1. The average molecular weight is 389 g/mol. The fourth-order valence-corrected chi connectivity index (χ4v) is 3.48. The molecule has 1 amide bonds. The van der Waals surface area contributed by atoms with Gasteiger partial charge in [0.1, 0.15) is 0 Å². The summed E-state index contributed by atoms with van der Waals surface area (Å²) < 4.78 is 5.65. The van der Waals surface area contributed by atoms with Crippen molar-refractivity contribution >= 4 is 34.1 Å². The summed E-state index contributed by atoms with van der Waals surface area (Å²) in [6, 6.07) is 22.0. The number of anilines is 1. The number of amides is 1. The Kier molecular flexibility index (Phi) is 5.39. The van der Waals surface area contributed by atoms with E-state index in [1.807, 2.05) is 54.6 Å². The highest BCUT2D eigenvalue weighted by atomic mass is 32.2. The van der Waals surface area contributed by atoms with Crippen LogP contribution in [0.4, 0.5) is 5.69 Å². The summed E-state index contributed by atoms with van der Waals surface area (Å²) in [5, 5.41) is 13.6. The molecule has 1 N–H and O–H groups in total. The van der Waals surface area contributed by atoms with Crippen LogP contribution in [0.25, 0.3) is 10.8 Å². The van der Waals surface area contributed by atoms with Crippen molar-refractivity contribution < 1.29 is 9.21 Å². The molecule has 4 rings (SSSR count). The van der Waals surface area contributed by atoms with E-state index in [9.17, 15) is 4.79 Å². The third-order valence-electron chi connectivity index (χ3n) is 4.31. The summed E-state index contributed by atoms with van der Waals surface area (Å²) in [7, 11) is 0. The predicted octanol–water partition coefficient (Wildman–Crippen LogP) is 4.85. The van der Waals surface area contributed by atoms with Gasteiger partial charge >= 0.3 is 0 Å². The maximum atomic E-state index is 12.3. The smallest absolute Gasteiger partial charge is 0.277 e. The zero-order valence-electron chi connectivity index (χ0n) is 15.4. The van der Waals surface area contributed by atoms with Crippen LogP contribution in [0.5, 0.6) is 0 Å². The van der Waals surface area contributed by atoms with Gasteiger partial charge in [-0.25, -0.2) is 0 Å². The van der Waals surface area contributed by atoms with Crippen LogP contribution in [0.2, 0.25) is 0 Å². The van der Waals surface area contributed by atoms with Gasteiger partial charge in [0.15, 0.2) is 0 Å². The molecule has 0 bridgehead atoms. The number of rotatable bonds is 6. The number of hydrogen-bond donors (Lipinski definition) is 1. The molecular weight excluding hydrogens is 370 g/mol. The van der Waals surface area contributed by atoms with Crippen molar-refractivity contribution in [2.45, 2.75) is 18.6 Å². The van der Waals surface area contributed by atoms with Crippen LogP contribution in [0.15, 0.2) is 76.4 Å². The number of nitrogens with one attached hydrogen (secondary N) is 1. The molecule has 0 fully saturated rings. The van der Waals surface area contributed by atoms with Crippen LogP contribution < -0.4 is 5.32 Å². The van der Waals surface area contributed by atoms with Gasteiger partial charge in [0.05, 0.1) is 12.2 Å². The van der Waals surface area contributed by atoms with E-state index in [1.165, 1.54) is 17.3 Å². The Hall–Kier alpha value is -3.12. The van der Waals surface area contributed by atoms with Gasteiger partial charge < -0.3 is 9.73 Å². The lowest BCUT2D eigenvalue weighted by Gasteiger charge is -2.07. The maximum absolute atomic E-state index is 12.3. The van der Waals surface area contributed by atoms with E-state index in [0.29, 0.717) is 17.5 Å². The molecule has 0 unspecified atom stereocenters. The van der Waals surface area contributed by atoms with Gasteiger partial charge in [-0.2, -0.15) is 0 Å². The number of carbonyl (C=O) groups is 1. The molecule has 1 heterocycles. The minimum Gasteiger partial charge on any atom is -0.416 e. The van der Waals surface area contributed by atoms with Crippen molar-refractivity contribution in [2.24, 2.45) is 0 Å². The van der Waals surface area contributed by atoms with E-state index in [4.69, 9.17) is 4.42 Å². The van der Waals surface area contributed by atoms with E-state index in [-0.39, 0.29) is 11.7 Å². The fourth-order valence-electron chi connectivity index (χ4n) is 2.90. The maximum Gasteiger partial charge on any atom is 0.277 e. The number of hydrogen-bond acceptors (Lipinski definition) is 5. The molecule has 0 atom stereocenters. The number of carbonyl (C=O) groups excluding carboxylic acids is 1. The molecule has 6 heteroatoms. The largest absolute Gasteiger partial charge is 0.416 e. The lowest BCUT2D eigenvalue weighted by molar-refractivity contribution is -0.113. The summed E-state index contributed by atoms with van der Waals surface area (Å²) in [5.41, 5.74) is 3.12. The molecule has 0 spiro atoms. The first-order valence-electron chi connectivity index (χ1n) is 8.96. The van der Waals surface area contributed by atoms with E-state index >= 15 is 0 Å². The van der Waals surface area contributed by atoms with Crippen molar-refractivity contribution in [3.8, 4) is 0 Å². The van der Waals surface area contributed by atoms with Crippen LogP contribution in [0, 0.1) is 6.92 Å². The molecule has 1 aromatic heterocycles. The highest BCUT2D eigenvalue weighted by Crippen LogP contribution is 2.24. The van der Waals surface area contributed by atoms with Gasteiger partial charge in [0.2, 0.25) is 11.8 Å².